The number of hydrogen-bond donors (Lipinski definition) is 2. The number of carboxylic acids is 1. The molecule has 2 N–H and O–H groups in total. The molecule has 0 radical (unpaired) electrons. The Balaban J connectivity index is 1.73. The summed E-state index contributed by atoms with van der Waals surface area (Å²) in [6.07, 6.45) is 3.28. The minimum absolute atomic E-state index is 0.0330. The fraction of sp³-hybridized carbons (Fsp3) is 0.423. The number of benzene rings is 2. The summed E-state index contributed by atoms with van der Waals surface area (Å²) >= 11 is 7.67. The number of thioether (sulfide) groups is 1. The van der Waals surface area contributed by atoms with Gasteiger partial charge in [0.1, 0.15) is 6.04 Å². The third kappa shape index (κ3) is 6.33. The molecule has 0 aliphatic carbocycles. The fourth-order valence-electron chi connectivity index (χ4n) is 4.61. The normalized spacial score (nSPS) is 18.2. The Bertz CT molecular complexity index is 1040. The number of nitrogens with zero attached hydrogens (tertiary/aromatic N) is 1. The van der Waals surface area contributed by atoms with Crippen LogP contribution in [0.15, 0.2) is 48.5 Å². The van der Waals surface area contributed by atoms with Crippen molar-refractivity contribution in [3.05, 3.63) is 70.2 Å². The topological polar surface area (TPSA) is 86.7 Å². The van der Waals surface area contributed by atoms with E-state index in [-0.39, 0.29) is 22.4 Å². The van der Waals surface area contributed by atoms with E-state index >= 15 is 0 Å². The molecule has 1 fully saturated rings. The van der Waals surface area contributed by atoms with Crippen LogP contribution in [0.1, 0.15) is 58.9 Å². The smallest absolute Gasteiger partial charge is 0.335 e. The second-order valence-electron chi connectivity index (χ2n) is 9.33. The van der Waals surface area contributed by atoms with E-state index in [1.165, 1.54) is 23.8 Å². The molecule has 3 rings (SSSR count). The van der Waals surface area contributed by atoms with Crippen LogP contribution in [0.3, 0.4) is 0 Å². The molecule has 1 saturated heterocycles. The molecule has 0 bridgehead atoms. The molecule has 182 valence electrons. The van der Waals surface area contributed by atoms with Crippen molar-refractivity contribution >= 4 is 41.1 Å². The lowest BCUT2D eigenvalue weighted by Crippen LogP contribution is -2.54. The van der Waals surface area contributed by atoms with Gasteiger partial charge in [-0.25, -0.2) is 4.79 Å². The van der Waals surface area contributed by atoms with Gasteiger partial charge in [0.25, 0.3) is 5.91 Å². The first-order valence-corrected chi connectivity index (χ1v) is 13.1. The summed E-state index contributed by atoms with van der Waals surface area (Å²) in [7, 11) is 0. The van der Waals surface area contributed by atoms with E-state index < -0.39 is 17.9 Å². The molecule has 0 saturated carbocycles. The zero-order valence-corrected chi connectivity index (χ0v) is 21.3. The number of carbonyl (C=O) groups is 3. The van der Waals surface area contributed by atoms with Crippen molar-refractivity contribution < 1.29 is 19.5 Å². The molecule has 1 unspecified atom stereocenters. The van der Waals surface area contributed by atoms with Gasteiger partial charge in [-0.3, -0.25) is 9.59 Å². The zero-order valence-electron chi connectivity index (χ0n) is 19.7. The number of likely N-dealkylation sites (tertiary alicyclic amines) is 1. The summed E-state index contributed by atoms with van der Waals surface area (Å²) in [6, 6.07) is 13.1. The molecule has 1 heterocycles. The molecule has 6 nitrogen and oxygen atoms in total. The number of hydrogen-bond acceptors (Lipinski definition) is 4. The summed E-state index contributed by atoms with van der Waals surface area (Å²) in [5, 5.41) is 12.8. The first-order chi connectivity index (χ1) is 16.1. The van der Waals surface area contributed by atoms with Gasteiger partial charge in [0.2, 0.25) is 5.91 Å². The van der Waals surface area contributed by atoms with Gasteiger partial charge in [-0.2, -0.15) is 11.8 Å². The van der Waals surface area contributed by atoms with Crippen LogP contribution in [-0.4, -0.2) is 58.9 Å². The number of carbonyl (C=O) groups excluding carboxylic acids is 2. The third-order valence-corrected chi connectivity index (χ3v) is 7.30. The van der Waals surface area contributed by atoms with E-state index in [0.29, 0.717) is 30.5 Å². The van der Waals surface area contributed by atoms with Crippen molar-refractivity contribution in [3.8, 4) is 0 Å². The summed E-state index contributed by atoms with van der Waals surface area (Å²) in [5.41, 5.74) is 1.33. The van der Waals surface area contributed by atoms with Gasteiger partial charge in [0.15, 0.2) is 0 Å². The van der Waals surface area contributed by atoms with Gasteiger partial charge in [-0.1, -0.05) is 43.6 Å². The van der Waals surface area contributed by atoms with Crippen molar-refractivity contribution in [3.63, 3.8) is 0 Å². The Morgan fingerprint density at radius 1 is 1.18 bits per heavy atom. The van der Waals surface area contributed by atoms with Crippen LogP contribution >= 0.6 is 23.4 Å². The molecule has 0 aromatic heterocycles. The second-order valence-corrected chi connectivity index (χ2v) is 10.8. The lowest BCUT2D eigenvalue weighted by Gasteiger charge is -2.45. The molecule has 1 aliphatic rings. The Labute approximate surface area is 210 Å². The lowest BCUT2D eigenvalue weighted by atomic mass is 9.70. The average molecular weight is 503 g/mol. The summed E-state index contributed by atoms with van der Waals surface area (Å²) in [5.74, 6) is -0.629. The van der Waals surface area contributed by atoms with Gasteiger partial charge >= 0.3 is 5.97 Å². The van der Waals surface area contributed by atoms with Crippen molar-refractivity contribution in [2.45, 2.75) is 38.6 Å². The molecule has 2 atom stereocenters. The number of rotatable bonds is 8. The standard InChI is InChI=1S/C26H31ClN2O4S/c1-26(2)16-29(13-11-21(26)17-7-9-20(27)10-8-17)24(31)22(12-14-34-3)28-23(30)18-5-4-6-19(15-18)25(32)33/h4-10,15,21-22H,11-14,16H2,1-3H3,(H,28,30)(H,32,33)/t21?,22-/m1/s1. The fourth-order valence-corrected chi connectivity index (χ4v) is 5.20. The molecule has 1 aliphatic heterocycles. The number of halogens is 1. The van der Waals surface area contributed by atoms with E-state index in [9.17, 15) is 19.5 Å². The number of carboxylic acid groups (broad SMARTS) is 1. The number of nitrogens with one attached hydrogen (secondary N) is 1. The predicted molar refractivity (Wildman–Crippen MR) is 137 cm³/mol. The first kappa shape index (κ1) is 26.1. The highest BCUT2D eigenvalue weighted by Crippen LogP contribution is 2.42. The lowest BCUT2D eigenvalue weighted by molar-refractivity contribution is -0.136. The van der Waals surface area contributed by atoms with E-state index in [2.05, 4.69) is 31.3 Å². The van der Waals surface area contributed by atoms with Gasteiger partial charge in [-0.15, -0.1) is 0 Å². The predicted octanol–water partition coefficient (Wildman–Crippen LogP) is 4.93. The van der Waals surface area contributed by atoms with Crippen LogP contribution < -0.4 is 5.32 Å². The Morgan fingerprint density at radius 3 is 2.47 bits per heavy atom. The summed E-state index contributed by atoms with van der Waals surface area (Å²) in [6.45, 7) is 5.52. The summed E-state index contributed by atoms with van der Waals surface area (Å²) < 4.78 is 0. The van der Waals surface area contributed by atoms with E-state index in [1.54, 1.807) is 17.8 Å². The largest absolute Gasteiger partial charge is 0.478 e. The number of amides is 2. The molecular weight excluding hydrogens is 472 g/mol. The zero-order chi connectivity index (χ0) is 24.9. The maximum absolute atomic E-state index is 13.5. The van der Waals surface area contributed by atoms with Crippen molar-refractivity contribution in [1.29, 1.82) is 0 Å². The highest BCUT2D eigenvalue weighted by molar-refractivity contribution is 7.98. The quantitative estimate of drug-likeness (QED) is 0.534. The Kier molecular flexibility index (Phi) is 8.66. The number of aromatic carboxylic acids is 1. The van der Waals surface area contributed by atoms with Crippen LogP contribution in [0.2, 0.25) is 5.02 Å². The van der Waals surface area contributed by atoms with Gasteiger partial charge in [0.05, 0.1) is 5.56 Å². The van der Waals surface area contributed by atoms with Crippen LogP contribution in [0.5, 0.6) is 0 Å². The van der Waals surface area contributed by atoms with E-state index in [0.717, 1.165) is 12.2 Å². The van der Waals surface area contributed by atoms with Gasteiger partial charge in [-0.05, 0) is 72.1 Å². The Morgan fingerprint density at radius 2 is 1.85 bits per heavy atom. The minimum atomic E-state index is -1.10. The highest BCUT2D eigenvalue weighted by Gasteiger charge is 2.40. The van der Waals surface area contributed by atoms with E-state index in [1.807, 2.05) is 23.3 Å². The molecule has 8 heteroatoms. The second kappa shape index (κ2) is 11.3. The maximum Gasteiger partial charge on any atom is 0.335 e. The summed E-state index contributed by atoms with van der Waals surface area (Å²) in [4.78, 5) is 39.5. The van der Waals surface area contributed by atoms with Gasteiger partial charge in [0, 0.05) is 23.7 Å². The molecule has 0 spiro atoms. The van der Waals surface area contributed by atoms with Crippen LogP contribution in [0, 0.1) is 5.41 Å². The SMILES string of the molecule is CSCC[C@@H](NC(=O)c1cccc(C(=O)O)c1)C(=O)N1CCC(c2ccc(Cl)cc2)C(C)(C)C1. The van der Waals surface area contributed by atoms with Crippen molar-refractivity contribution in [2.24, 2.45) is 5.41 Å². The molecular formula is C26H31ClN2O4S. The van der Waals surface area contributed by atoms with Crippen LogP contribution in [0.4, 0.5) is 0 Å². The average Bonchev–Trinajstić information content (AvgIpc) is 2.81. The third-order valence-electron chi connectivity index (χ3n) is 6.40. The monoisotopic (exact) mass is 502 g/mol. The minimum Gasteiger partial charge on any atom is -0.478 e. The van der Waals surface area contributed by atoms with Crippen LogP contribution in [0.25, 0.3) is 0 Å². The van der Waals surface area contributed by atoms with Crippen molar-refractivity contribution in [2.75, 3.05) is 25.1 Å². The number of piperidine rings is 1. The van der Waals surface area contributed by atoms with Crippen molar-refractivity contribution in [1.82, 2.24) is 10.2 Å². The maximum atomic E-state index is 13.5. The first-order valence-electron chi connectivity index (χ1n) is 11.3. The Hall–Kier alpha value is -2.51. The highest BCUT2D eigenvalue weighted by atomic mass is 35.5. The molecule has 2 aromatic rings. The van der Waals surface area contributed by atoms with Crippen LogP contribution in [-0.2, 0) is 4.79 Å². The van der Waals surface area contributed by atoms with Gasteiger partial charge < -0.3 is 15.3 Å². The molecule has 2 aromatic carbocycles. The van der Waals surface area contributed by atoms with E-state index in [4.69, 9.17) is 11.6 Å². The molecule has 34 heavy (non-hydrogen) atoms. The molecule has 2 amide bonds.